The van der Waals surface area contributed by atoms with Gasteiger partial charge in [0.15, 0.2) is 0 Å². The number of amides is 2. The highest BCUT2D eigenvalue weighted by Crippen LogP contribution is 2.10. The molecule has 0 aliphatic rings. The summed E-state index contributed by atoms with van der Waals surface area (Å²) in [4.78, 5) is 33.5. The fraction of sp³-hybridized carbons (Fsp3) is 0.308. The largest absolute Gasteiger partial charge is 0.480 e. The number of aliphatic carboxylic acids is 1. The monoisotopic (exact) mass is 279 g/mol. The number of carboxylic acids is 1. The van der Waals surface area contributed by atoms with Crippen LogP contribution in [0, 0.1) is 0 Å². The number of rotatable bonds is 7. The summed E-state index contributed by atoms with van der Waals surface area (Å²) in [6.45, 7) is 0. The first kappa shape index (κ1) is 15.6. The van der Waals surface area contributed by atoms with Crippen LogP contribution in [-0.4, -0.2) is 28.9 Å². The lowest BCUT2D eigenvalue weighted by atomic mass is 10.1. The number of carboxylic acid groups (broad SMARTS) is 1. The van der Waals surface area contributed by atoms with Crippen molar-refractivity contribution in [1.82, 2.24) is 5.32 Å². The van der Waals surface area contributed by atoms with Crippen LogP contribution in [0.1, 0.15) is 24.4 Å². The Morgan fingerprint density at radius 1 is 1.20 bits per heavy atom. The topological polar surface area (TPSA) is 136 Å². The minimum atomic E-state index is -1.24. The van der Waals surface area contributed by atoms with Crippen LogP contribution < -0.4 is 16.8 Å². The number of primary amides is 1. The van der Waals surface area contributed by atoms with Crippen LogP contribution in [0.15, 0.2) is 30.3 Å². The van der Waals surface area contributed by atoms with E-state index < -0.39 is 29.9 Å². The molecule has 0 aliphatic carbocycles. The van der Waals surface area contributed by atoms with Crippen LogP contribution in [0.2, 0.25) is 0 Å². The van der Waals surface area contributed by atoms with Crippen LogP contribution in [0.5, 0.6) is 0 Å². The molecule has 1 rings (SSSR count). The van der Waals surface area contributed by atoms with E-state index in [2.05, 4.69) is 5.32 Å². The minimum absolute atomic E-state index is 0.0715. The molecule has 0 fully saturated rings. The van der Waals surface area contributed by atoms with Crippen molar-refractivity contribution >= 4 is 17.8 Å². The van der Waals surface area contributed by atoms with Gasteiger partial charge < -0.3 is 21.9 Å². The maximum absolute atomic E-state index is 11.9. The number of nitrogens with one attached hydrogen (secondary N) is 1. The van der Waals surface area contributed by atoms with Crippen molar-refractivity contribution in [3.05, 3.63) is 35.9 Å². The third kappa shape index (κ3) is 4.69. The maximum Gasteiger partial charge on any atom is 0.326 e. The van der Waals surface area contributed by atoms with Gasteiger partial charge in [0.1, 0.15) is 12.1 Å². The van der Waals surface area contributed by atoms with Crippen LogP contribution in [0.4, 0.5) is 0 Å². The third-order valence-electron chi connectivity index (χ3n) is 2.74. The number of carbonyl (C=O) groups excluding carboxylic acids is 2. The Balaban J connectivity index is 2.66. The summed E-state index contributed by atoms with van der Waals surface area (Å²) >= 11 is 0. The first-order chi connectivity index (χ1) is 9.41. The SMILES string of the molecule is NC(=O)CC[C@@H](NC(=O)[C@H](N)c1ccccc1)C(=O)O. The fourth-order valence-electron chi connectivity index (χ4n) is 1.62. The molecule has 6 N–H and O–H groups in total. The van der Waals surface area contributed by atoms with Crippen molar-refractivity contribution in [2.75, 3.05) is 0 Å². The molecule has 0 aliphatic heterocycles. The molecular formula is C13H17N3O4. The van der Waals surface area contributed by atoms with E-state index in [1.165, 1.54) is 0 Å². The van der Waals surface area contributed by atoms with Gasteiger partial charge in [0.05, 0.1) is 0 Å². The van der Waals surface area contributed by atoms with E-state index in [4.69, 9.17) is 16.6 Å². The second-order valence-corrected chi connectivity index (χ2v) is 4.29. The van der Waals surface area contributed by atoms with Crippen LogP contribution in [0.3, 0.4) is 0 Å². The first-order valence-corrected chi connectivity index (χ1v) is 6.04. The highest BCUT2D eigenvalue weighted by molar-refractivity contribution is 5.88. The summed E-state index contributed by atoms with van der Waals surface area (Å²) in [5.41, 5.74) is 11.3. The molecule has 7 nitrogen and oxygen atoms in total. The Kier molecular flexibility index (Phi) is 5.67. The lowest BCUT2D eigenvalue weighted by Gasteiger charge is -2.17. The van der Waals surface area contributed by atoms with Crippen molar-refractivity contribution in [1.29, 1.82) is 0 Å². The standard InChI is InChI=1S/C13H17N3O4/c14-10(17)7-6-9(13(19)20)16-12(18)11(15)8-4-2-1-3-5-8/h1-5,9,11H,6-7,15H2,(H2,14,17)(H,16,18)(H,19,20)/t9-,11-/m1/s1. The van der Waals surface area contributed by atoms with Crippen molar-refractivity contribution in [3.8, 4) is 0 Å². The van der Waals surface area contributed by atoms with Gasteiger partial charge in [0.25, 0.3) is 0 Å². The molecule has 0 spiro atoms. The highest BCUT2D eigenvalue weighted by Gasteiger charge is 2.24. The van der Waals surface area contributed by atoms with E-state index in [1.54, 1.807) is 30.3 Å². The molecule has 0 saturated heterocycles. The Labute approximate surface area is 115 Å². The molecule has 1 aromatic carbocycles. The first-order valence-electron chi connectivity index (χ1n) is 6.04. The molecule has 7 heteroatoms. The summed E-state index contributed by atoms with van der Waals surface area (Å²) in [5, 5.41) is 11.3. The van der Waals surface area contributed by atoms with Gasteiger partial charge in [-0.25, -0.2) is 4.79 Å². The fourth-order valence-corrected chi connectivity index (χ4v) is 1.62. The second kappa shape index (κ2) is 7.25. The summed E-state index contributed by atoms with van der Waals surface area (Å²) in [6.07, 6.45) is -0.199. The molecule has 108 valence electrons. The van der Waals surface area contributed by atoms with E-state index >= 15 is 0 Å². The van der Waals surface area contributed by atoms with E-state index in [1.807, 2.05) is 0 Å². The zero-order chi connectivity index (χ0) is 15.1. The molecule has 20 heavy (non-hydrogen) atoms. The number of hydrogen-bond acceptors (Lipinski definition) is 4. The molecule has 0 heterocycles. The quantitative estimate of drug-likeness (QED) is 0.534. The van der Waals surface area contributed by atoms with Gasteiger partial charge in [-0.15, -0.1) is 0 Å². The second-order valence-electron chi connectivity index (χ2n) is 4.29. The molecule has 0 saturated carbocycles. The Bertz CT molecular complexity index is 490. The average molecular weight is 279 g/mol. The van der Waals surface area contributed by atoms with Crippen molar-refractivity contribution in [2.24, 2.45) is 11.5 Å². The van der Waals surface area contributed by atoms with Crippen LogP contribution in [0.25, 0.3) is 0 Å². The van der Waals surface area contributed by atoms with Crippen LogP contribution in [-0.2, 0) is 14.4 Å². The van der Waals surface area contributed by atoms with Gasteiger partial charge in [-0.2, -0.15) is 0 Å². The molecule has 0 aromatic heterocycles. The predicted molar refractivity (Wildman–Crippen MR) is 71.4 cm³/mol. The highest BCUT2D eigenvalue weighted by atomic mass is 16.4. The average Bonchev–Trinajstić information content (AvgIpc) is 2.42. The number of carbonyl (C=O) groups is 3. The molecule has 2 amide bonds. The molecule has 2 atom stereocenters. The summed E-state index contributed by atoms with van der Waals surface area (Å²) < 4.78 is 0. The Hall–Kier alpha value is -2.41. The number of nitrogens with two attached hydrogens (primary N) is 2. The van der Waals surface area contributed by atoms with Gasteiger partial charge in [-0.3, -0.25) is 9.59 Å². The van der Waals surface area contributed by atoms with Gasteiger partial charge in [-0.1, -0.05) is 30.3 Å². The maximum atomic E-state index is 11.9. The van der Waals surface area contributed by atoms with E-state index in [0.29, 0.717) is 5.56 Å². The number of benzene rings is 1. The molecule has 0 unspecified atom stereocenters. The minimum Gasteiger partial charge on any atom is -0.480 e. The molecule has 1 aromatic rings. The van der Waals surface area contributed by atoms with E-state index in [9.17, 15) is 14.4 Å². The summed E-state index contributed by atoms with van der Waals surface area (Å²) in [5.74, 6) is -2.48. The van der Waals surface area contributed by atoms with Crippen LogP contribution >= 0.6 is 0 Å². The van der Waals surface area contributed by atoms with Crippen molar-refractivity contribution in [2.45, 2.75) is 24.9 Å². The normalized spacial score (nSPS) is 13.2. The van der Waals surface area contributed by atoms with Gasteiger partial charge in [0, 0.05) is 6.42 Å². The smallest absolute Gasteiger partial charge is 0.326 e. The molecule has 0 radical (unpaired) electrons. The van der Waals surface area contributed by atoms with Gasteiger partial charge in [0.2, 0.25) is 11.8 Å². The lowest BCUT2D eigenvalue weighted by molar-refractivity contribution is -0.142. The Morgan fingerprint density at radius 2 is 1.80 bits per heavy atom. The molecular weight excluding hydrogens is 262 g/mol. The number of hydrogen-bond donors (Lipinski definition) is 4. The van der Waals surface area contributed by atoms with Gasteiger partial charge >= 0.3 is 5.97 Å². The zero-order valence-corrected chi connectivity index (χ0v) is 10.8. The predicted octanol–water partition coefficient (Wildman–Crippen LogP) is -0.479. The lowest BCUT2D eigenvalue weighted by Crippen LogP contribution is -2.45. The summed E-state index contributed by atoms with van der Waals surface area (Å²) in [7, 11) is 0. The van der Waals surface area contributed by atoms with E-state index in [-0.39, 0.29) is 12.8 Å². The zero-order valence-electron chi connectivity index (χ0n) is 10.8. The summed E-state index contributed by atoms with van der Waals surface area (Å²) in [6, 6.07) is 6.42. The van der Waals surface area contributed by atoms with Crippen molar-refractivity contribution < 1.29 is 19.5 Å². The Morgan fingerprint density at radius 3 is 2.30 bits per heavy atom. The third-order valence-corrected chi connectivity index (χ3v) is 2.74. The van der Waals surface area contributed by atoms with Crippen molar-refractivity contribution in [3.63, 3.8) is 0 Å². The van der Waals surface area contributed by atoms with Gasteiger partial charge in [-0.05, 0) is 12.0 Å². The molecule has 0 bridgehead atoms. The van der Waals surface area contributed by atoms with E-state index in [0.717, 1.165) is 0 Å².